The third kappa shape index (κ3) is 60.1. The highest BCUT2D eigenvalue weighted by Crippen LogP contribution is 2.38. The minimum atomic E-state index is -4.71. The molecular weight excluding hydrogens is 1010 g/mol. The maximum absolute atomic E-state index is 13.6. The molecule has 1 N–H and O–H groups in total. The molecule has 0 aliphatic carbocycles. The van der Waals surface area contributed by atoms with Gasteiger partial charge < -0.3 is 28.5 Å². The second-order valence-corrected chi connectivity index (χ2v) is 25.4. The molecule has 0 aromatic heterocycles. The fraction of sp³-hybridized carbons (Fsp3) is 0.800. The summed E-state index contributed by atoms with van der Waals surface area (Å²) in [6.07, 6.45) is 77.3. The average Bonchev–Trinajstić information content (AvgIpc) is 3.42. The topological polar surface area (TPSA) is 114 Å². The Bertz CT molecular complexity index is 1600. The molecule has 0 aliphatic heterocycles. The first-order valence-electron chi connectivity index (χ1n) is 33.7. The lowest BCUT2D eigenvalue weighted by atomic mass is 10.0. The van der Waals surface area contributed by atoms with Crippen LogP contribution in [0.5, 0.6) is 0 Å². The Balaban J connectivity index is 5.11. The first-order valence-corrected chi connectivity index (χ1v) is 35.2. The number of nitrogens with one attached hydrogen (secondary N) is 1. The summed E-state index contributed by atoms with van der Waals surface area (Å²) in [7, 11) is 1.17. The third-order valence-corrected chi connectivity index (χ3v) is 15.8. The summed E-state index contributed by atoms with van der Waals surface area (Å²) in [5.74, 6) is -0.560. The number of hydrogen-bond acceptors (Lipinski definition) is 7. The van der Waals surface area contributed by atoms with E-state index in [1.807, 2.05) is 33.3 Å². The van der Waals surface area contributed by atoms with Crippen LogP contribution in [0.4, 0.5) is 0 Å². The summed E-state index contributed by atoms with van der Waals surface area (Å²) >= 11 is 0. The van der Waals surface area contributed by atoms with Crippen LogP contribution < -0.4 is 10.2 Å². The van der Waals surface area contributed by atoms with E-state index >= 15 is 0 Å². The molecule has 0 aromatic carbocycles. The number of rotatable bonds is 61. The predicted molar refractivity (Wildman–Crippen MR) is 344 cm³/mol. The van der Waals surface area contributed by atoms with E-state index in [4.69, 9.17) is 13.8 Å². The molecule has 1 amide bonds. The third-order valence-electron chi connectivity index (χ3n) is 14.9. The highest BCUT2D eigenvalue weighted by Gasteiger charge is 2.27. The SMILES string of the molecule is CCCCC/C=C\C/C=C\C/C=C\CCCCCCC(=O)OC(/C=C\CCCCCCCCCCCC)C(COP(=O)([O-])OCC[N+](C)(C)C)NC(=O)CCCCCCCCCCCCCCCCC/C=C\C/C=C\CCCCC. The first kappa shape index (κ1) is 77.5. The lowest BCUT2D eigenvalue weighted by molar-refractivity contribution is -0.870. The number of unbranched alkanes of at least 4 members (excludes halogenated alkanes) is 35. The molecule has 10 heteroatoms. The molecule has 3 unspecified atom stereocenters. The van der Waals surface area contributed by atoms with E-state index in [0.717, 1.165) is 83.5 Å². The zero-order valence-electron chi connectivity index (χ0n) is 53.3. The number of quaternary nitrogens is 1. The van der Waals surface area contributed by atoms with Gasteiger partial charge in [-0.25, -0.2) is 0 Å². The van der Waals surface area contributed by atoms with Crippen molar-refractivity contribution < 1.29 is 37.3 Å². The molecule has 0 aromatic rings. The molecule has 0 fully saturated rings. The Kier molecular flexibility index (Phi) is 57.7. The van der Waals surface area contributed by atoms with Gasteiger partial charge in [0.05, 0.1) is 33.8 Å². The molecule has 80 heavy (non-hydrogen) atoms. The smallest absolute Gasteiger partial charge is 0.306 e. The molecule has 0 aliphatic rings. The van der Waals surface area contributed by atoms with Crippen LogP contribution in [0.1, 0.15) is 310 Å². The number of phosphoric ester groups is 1. The van der Waals surface area contributed by atoms with Crippen LogP contribution >= 0.6 is 7.82 Å². The Hall–Kier alpha value is -2.55. The summed E-state index contributed by atoms with van der Waals surface area (Å²) in [4.78, 5) is 40.1. The number of esters is 1. The summed E-state index contributed by atoms with van der Waals surface area (Å²) in [6, 6.07) is -0.900. The van der Waals surface area contributed by atoms with E-state index in [1.165, 1.54) is 186 Å². The number of nitrogens with zero attached hydrogens (tertiary/aromatic N) is 1. The van der Waals surface area contributed by atoms with Gasteiger partial charge in [-0.1, -0.05) is 267 Å². The van der Waals surface area contributed by atoms with Crippen LogP contribution in [0.15, 0.2) is 72.9 Å². The first-order chi connectivity index (χ1) is 38.9. The molecule has 0 radical (unpaired) electrons. The van der Waals surface area contributed by atoms with Crippen molar-refractivity contribution in [1.82, 2.24) is 5.32 Å². The molecule has 9 nitrogen and oxygen atoms in total. The maximum atomic E-state index is 13.6. The van der Waals surface area contributed by atoms with E-state index in [0.29, 0.717) is 23.9 Å². The van der Waals surface area contributed by atoms with E-state index in [1.54, 1.807) is 0 Å². The fourth-order valence-corrected chi connectivity index (χ4v) is 10.3. The maximum Gasteiger partial charge on any atom is 0.306 e. The Labute approximate surface area is 495 Å². The van der Waals surface area contributed by atoms with Crippen molar-refractivity contribution in [3.63, 3.8) is 0 Å². The Morgan fingerprint density at radius 1 is 0.438 bits per heavy atom. The fourth-order valence-electron chi connectivity index (χ4n) is 9.62. The number of carbonyl (C=O) groups excluding carboxylic acids is 2. The van der Waals surface area contributed by atoms with Crippen molar-refractivity contribution in [2.45, 2.75) is 322 Å². The van der Waals surface area contributed by atoms with E-state index in [-0.39, 0.29) is 24.9 Å². The van der Waals surface area contributed by atoms with Crippen LogP contribution in [-0.2, 0) is 27.9 Å². The number of phosphoric acid groups is 1. The number of hydrogen-bond donors (Lipinski definition) is 1. The van der Waals surface area contributed by atoms with Gasteiger partial charge in [0, 0.05) is 12.8 Å². The van der Waals surface area contributed by atoms with Gasteiger partial charge in [-0.2, -0.15) is 0 Å². The highest BCUT2D eigenvalue weighted by molar-refractivity contribution is 7.45. The molecule has 0 saturated carbocycles. The van der Waals surface area contributed by atoms with Crippen molar-refractivity contribution >= 4 is 19.7 Å². The second kappa shape index (κ2) is 59.6. The molecule has 466 valence electrons. The van der Waals surface area contributed by atoms with E-state index in [2.05, 4.69) is 86.8 Å². The monoisotopic (exact) mass is 1140 g/mol. The quantitative estimate of drug-likeness (QED) is 0.0212. The van der Waals surface area contributed by atoms with Crippen molar-refractivity contribution in [3.05, 3.63) is 72.9 Å². The zero-order chi connectivity index (χ0) is 58.6. The van der Waals surface area contributed by atoms with Gasteiger partial charge >= 0.3 is 5.97 Å². The van der Waals surface area contributed by atoms with Crippen LogP contribution in [0.25, 0.3) is 0 Å². The lowest BCUT2D eigenvalue weighted by Gasteiger charge is -2.30. The summed E-state index contributed by atoms with van der Waals surface area (Å²) in [6.45, 7) is 6.80. The molecule has 0 heterocycles. The van der Waals surface area contributed by atoms with Gasteiger partial charge in [0.15, 0.2) is 0 Å². The van der Waals surface area contributed by atoms with Crippen molar-refractivity contribution in [1.29, 1.82) is 0 Å². The zero-order valence-corrected chi connectivity index (χ0v) is 54.2. The summed E-state index contributed by atoms with van der Waals surface area (Å²) in [5, 5.41) is 3.03. The Morgan fingerprint density at radius 2 is 0.762 bits per heavy atom. The van der Waals surface area contributed by atoms with Gasteiger partial charge in [-0.3, -0.25) is 14.2 Å². The summed E-state index contributed by atoms with van der Waals surface area (Å²) in [5.41, 5.74) is 0. The van der Waals surface area contributed by atoms with E-state index in [9.17, 15) is 19.0 Å². The molecular formula is C70H129N2O7P. The van der Waals surface area contributed by atoms with E-state index < -0.39 is 26.6 Å². The van der Waals surface area contributed by atoms with Gasteiger partial charge in [-0.15, -0.1) is 0 Å². The minimum Gasteiger partial charge on any atom is -0.756 e. The number of carbonyl (C=O) groups is 2. The molecule has 0 rings (SSSR count). The number of ether oxygens (including phenoxy) is 1. The number of allylic oxidation sites excluding steroid dienone is 11. The number of amides is 1. The normalized spacial score (nSPS) is 14.0. The van der Waals surface area contributed by atoms with Crippen LogP contribution in [0.2, 0.25) is 0 Å². The lowest BCUT2D eigenvalue weighted by Crippen LogP contribution is -2.47. The predicted octanol–water partition coefficient (Wildman–Crippen LogP) is 20.5. The van der Waals surface area contributed by atoms with Crippen molar-refractivity contribution in [3.8, 4) is 0 Å². The second-order valence-electron chi connectivity index (χ2n) is 24.0. The molecule has 0 spiro atoms. The Morgan fingerprint density at radius 3 is 1.16 bits per heavy atom. The van der Waals surface area contributed by atoms with Gasteiger partial charge in [0.2, 0.25) is 5.91 Å². The van der Waals surface area contributed by atoms with Crippen LogP contribution in [0, 0.1) is 0 Å². The molecule has 3 atom stereocenters. The largest absolute Gasteiger partial charge is 0.756 e. The minimum absolute atomic E-state index is 0.0273. The van der Waals surface area contributed by atoms with Crippen molar-refractivity contribution in [2.75, 3.05) is 40.9 Å². The van der Waals surface area contributed by atoms with Crippen LogP contribution in [-0.4, -0.2) is 69.4 Å². The molecule has 0 bridgehead atoms. The highest BCUT2D eigenvalue weighted by atomic mass is 31.2. The standard InChI is InChI=1S/C70H129N2O7P/c1-7-10-13-16-19-22-25-28-30-32-33-34-35-36-37-38-39-41-42-44-47-50-53-56-59-62-69(73)71-67(66-78-80(75,76)77-65-64-72(4,5)6)68(61-58-55-52-49-46-27-24-21-18-15-12-9-3)79-70(74)63-60-57-54-51-48-45-43-40-31-29-26-23-20-17-14-11-8-2/h19-20,22-23,28-31,43,45,58,61,67-68H,7-18,21,24-27,32-42,44,46-57,59-60,62-66H2,1-6H3,(H-,71,73,75,76)/b22-19-,23-20-,30-28-,31-29-,45-43-,61-58-. The number of likely N-dealkylation sites (N-methyl/N-ethyl adjacent to an activating group) is 1. The van der Waals surface area contributed by atoms with Gasteiger partial charge in [0.1, 0.15) is 19.3 Å². The van der Waals surface area contributed by atoms with Gasteiger partial charge in [0.25, 0.3) is 7.82 Å². The average molecular weight is 1140 g/mol. The van der Waals surface area contributed by atoms with Crippen LogP contribution in [0.3, 0.4) is 0 Å². The summed E-state index contributed by atoms with van der Waals surface area (Å²) < 4.78 is 30.4. The van der Waals surface area contributed by atoms with Gasteiger partial charge in [-0.05, 0) is 102 Å². The van der Waals surface area contributed by atoms with Crippen molar-refractivity contribution in [2.24, 2.45) is 0 Å². The molecule has 0 saturated heterocycles.